The van der Waals surface area contributed by atoms with E-state index in [4.69, 9.17) is 9.84 Å². The Bertz CT molecular complexity index is 579. The van der Waals surface area contributed by atoms with Crippen LogP contribution >= 0.6 is 0 Å². The number of alkyl carbamates (subject to hydrolysis) is 1. The fraction of sp³-hybridized carbons (Fsp3) is 0.400. The second kappa shape index (κ2) is 7.29. The molecule has 21 heavy (non-hydrogen) atoms. The minimum atomic E-state index is -1.09. The van der Waals surface area contributed by atoms with Gasteiger partial charge in [0.15, 0.2) is 0 Å². The minimum Gasteiger partial charge on any atom is -0.477 e. The van der Waals surface area contributed by atoms with Gasteiger partial charge < -0.3 is 15.2 Å². The van der Waals surface area contributed by atoms with E-state index in [-0.39, 0.29) is 5.69 Å². The van der Waals surface area contributed by atoms with E-state index in [9.17, 15) is 9.59 Å². The van der Waals surface area contributed by atoms with Crippen LogP contribution in [0.4, 0.5) is 4.79 Å². The Balaban J connectivity index is 2.42. The summed E-state index contributed by atoms with van der Waals surface area (Å²) in [5.74, 6) is 4.46. The largest absolute Gasteiger partial charge is 0.477 e. The lowest BCUT2D eigenvalue weighted by Gasteiger charge is -2.19. The van der Waals surface area contributed by atoms with Crippen LogP contribution in [0.1, 0.15) is 43.4 Å². The van der Waals surface area contributed by atoms with Crippen molar-refractivity contribution in [3.05, 3.63) is 29.6 Å². The van der Waals surface area contributed by atoms with Gasteiger partial charge in [-0.1, -0.05) is 12.0 Å². The molecule has 0 saturated heterocycles. The first kappa shape index (κ1) is 16.5. The van der Waals surface area contributed by atoms with Gasteiger partial charge in [-0.2, -0.15) is 0 Å². The monoisotopic (exact) mass is 290 g/mol. The quantitative estimate of drug-likeness (QED) is 0.657. The normalized spacial score (nSPS) is 10.2. The number of nitrogens with zero attached hydrogens (tertiary/aromatic N) is 1. The fourth-order valence-corrected chi connectivity index (χ4v) is 1.32. The number of aromatic nitrogens is 1. The number of carbonyl (C=O) groups is 2. The molecule has 2 N–H and O–H groups in total. The van der Waals surface area contributed by atoms with E-state index >= 15 is 0 Å². The molecule has 0 aliphatic heterocycles. The average molecular weight is 290 g/mol. The van der Waals surface area contributed by atoms with Gasteiger partial charge >= 0.3 is 12.1 Å². The van der Waals surface area contributed by atoms with Crippen molar-refractivity contribution < 1.29 is 19.4 Å². The number of pyridine rings is 1. The predicted octanol–water partition coefficient (Wildman–Crippen LogP) is 2.05. The van der Waals surface area contributed by atoms with Crippen LogP contribution < -0.4 is 5.32 Å². The van der Waals surface area contributed by atoms with Gasteiger partial charge in [0.25, 0.3) is 0 Å². The summed E-state index contributed by atoms with van der Waals surface area (Å²) in [5.41, 5.74) is -0.197. The molecule has 1 aromatic heterocycles. The summed E-state index contributed by atoms with van der Waals surface area (Å²) in [6.07, 6.45) is -0.0756. The van der Waals surface area contributed by atoms with Gasteiger partial charge in [-0.3, -0.25) is 0 Å². The Hall–Kier alpha value is -2.55. The van der Waals surface area contributed by atoms with Crippen LogP contribution in [-0.2, 0) is 4.74 Å². The second-order valence-electron chi connectivity index (χ2n) is 5.19. The van der Waals surface area contributed by atoms with Crippen LogP contribution in [0, 0.1) is 11.8 Å². The average Bonchev–Trinajstić information content (AvgIpc) is 2.36. The van der Waals surface area contributed by atoms with Crippen molar-refractivity contribution in [3.63, 3.8) is 0 Å². The number of nitrogens with one attached hydrogen (secondary N) is 1. The zero-order chi connectivity index (χ0) is 15.9. The van der Waals surface area contributed by atoms with Crippen LogP contribution in [0.5, 0.6) is 0 Å². The van der Waals surface area contributed by atoms with Crippen molar-refractivity contribution in [1.29, 1.82) is 0 Å². The molecule has 1 amide bonds. The van der Waals surface area contributed by atoms with Crippen LogP contribution in [0.15, 0.2) is 18.2 Å². The third-order valence-corrected chi connectivity index (χ3v) is 2.10. The topological polar surface area (TPSA) is 88.5 Å². The van der Waals surface area contributed by atoms with Crippen LogP contribution in [0.2, 0.25) is 0 Å². The summed E-state index contributed by atoms with van der Waals surface area (Å²) in [6, 6.07) is 4.61. The molecule has 1 aromatic rings. The molecule has 0 bridgehead atoms. The Labute approximate surface area is 123 Å². The number of aromatic carboxylic acids is 1. The van der Waals surface area contributed by atoms with E-state index in [2.05, 4.69) is 22.1 Å². The van der Waals surface area contributed by atoms with Crippen molar-refractivity contribution >= 4 is 12.1 Å². The molecule has 0 aromatic carbocycles. The predicted molar refractivity (Wildman–Crippen MR) is 76.9 cm³/mol. The molecule has 0 spiro atoms. The smallest absolute Gasteiger partial charge is 0.407 e. The molecular formula is C15H18N2O4. The molecule has 1 rings (SSSR count). The lowest BCUT2D eigenvalue weighted by molar-refractivity contribution is 0.0528. The van der Waals surface area contributed by atoms with Gasteiger partial charge in [0, 0.05) is 13.0 Å². The maximum absolute atomic E-state index is 11.4. The highest BCUT2D eigenvalue weighted by molar-refractivity contribution is 5.85. The highest BCUT2D eigenvalue weighted by atomic mass is 16.6. The maximum Gasteiger partial charge on any atom is 0.407 e. The van der Waals surface area contributed by atoms with Crippen molar-refractivity contribution in [1.82, 2.24) is 10.3 Å². The van der Waals surface area contributed by atoms with Crippen molar-refractivity contribution in [2.24, 2.45) is 0 Å². The Morgan fingerprint density at radius 2 is 2.10 bits per heavy atom. The zero-order valence-electron chi connectivity index (χ0n) is 12.3. The molecule has 6 nitrogen and oxygen atoms in total. The van der Waals surface area contributed by atoms with Gasteiger partial charge in [0.2, 0.25) is 0 Å². The van der Waals surface area contributed by atoms with Crippen LogP contribution in [-0.4, -0.2) is 34.3 Å². The number of carboxylic acids is 1. The molecule has 0 radical (unpaired) electrons. The molecule has 0 aliphatic rings. The maximum atomic E-state index is 11.4. The zero-order valence-corrected chi connectivity index (χ0v) is 12.3. The number of carbonyl (C=O) groups excluding carboxylic acids is 1. The molecule has 1 heterocycles. The van der Waals surface area contributed by atoms with Crippen molar-refractivity contribution in [2.75, 3.05) is 6.54 Å². The van der Waals surface area contributed by atoms with Gasteiger partial charge in [-0.25, -0.2) is 14.6 Å². The summed E-state index contributed by atoms with van der Waals surface area (Å²) in [4.78, 5) is 26.0. The van der Waals surface area contributed by atoms with E-state index in [1.165, 1.54) is 6.07 Å². The van der Waals surface area contributed by atoms with Crippen molar-refractivity contribution in [2.45, 2.75) is 32.8 Å². The first-order chi connectivity index (χ1) is 9.78. The molecule has 0 fully saturated rings. The van der Waals surface area contributed by atoms with Gasteiger partial charge in [-0.15, -0.1) is 0 Å². The first-order valence-electron chi connectivity index (χ1n) is 6.44. The lowest BCUT2D eigenvalue weighted by Crippen LogP contribution is -2.32. The SMILES string of the molecule is CC(C)(C)OC(=O)NCCC#Cc1cccc(C(=O)O)n1. The Morgan fingerprint density at radius 1 is 1.38 bits per heavy atom. The summed E-state index contributed by atoms with van der Waals surface area (Å²) in [6.45, 7) is 5.70. The third kappa shape index (κ3) is 6.97. The number of ether oxygens (including phenoxy) is 1. The van der Waals surface area contributed by atoms with Crippen LogP contribution in [0.3, 0.4) is 0 Å². The summed E-state index contributed by atoms with van der Waals surface area (Å²) in [5, 5.41) is 11.4. The summed E-state index contributed by atoms with van der Waals surface area (Å²) >= 11 is 0. The number of amides is 1. The van der Waals surface area contributed by atoms with Gasteiger partial charge in [0.05, 0.1) is 0 Å². The standard InChI is InChI=1S/C15H18N2O4/c1-15(2,3)21-14(20)16-10-5-4-7-11-8-6-9-12(17-11)13(18)19/h6,8-9H,5,10H2,1-3H3,(H,16,20)(H,18,19). The highest BCUT2D eigenvalue weighted by Gasteiger charge is 2.15. The number of carboxylic acid groups (broad SMARTS) is 1. The van der Waals surface area contributed by atoms with E-state index < -0.39 is 17.7 Å². The number of hydrogen-bond acceptors (Lipinski definition) is 4. The molecular weight excluding hydrogens is 272 g/mol. The van der Waals surface area contributed by atoms with Gasteiger partial charge in [0.1, 0.15) is 17.0 Å². The molecule has 112 valence electrons. The van der Waals surface area contributed by atoms with Crippen molar-refractivity contribution in [3.8, 4) is 11.8 Å². The van der Waals surface area contributed by atoms with E-state index in [0.29, 0.717) is 18.7 Å². The first-order valence-corrected chi connectivity index (χ1v) is 6.44. The fourth-order valence-electron chi connectivity index (χ4n) is 1.32. The molecule has 0 atom stereocenters. The second-order valence-corrected chi connectivity index (χ2v) is 5.19. The molecule has 6 heteroatoms. The Kier molecular flexibility index (Phi) is 5.73. The van der Waals surface area contributed by atoms with E-state index in [0.717, 1.165) is 0 Å². The van der Waals surface area contributed by atoms with Gasteiger partial charge in [-0.05, 0) is 38.8 Å². The molecule has 0 saturated carbocycles. The van der Waals surface area contributed by atoms with E-state index in [1.807, 2.05) is 0 Å². The number of rotatable bonds is 3. The minimum absolute atomic E-state index is 0.0475. The van der Waals surface area contributed by atoms with E-state index in [1.54, 1.807) is 32.9 Å². The molecule has 0 aliphatic carbocycles. The molecule has 0 unspecified atom stereocenters. The Morgan fingerprint density at radius 3 is 2.71 bits per heavy atom. The summed E-state index contributed by atoms with van der Waals surface area (Å²) < 4.78 is 5.07. The number of hydrogen-bond donors (Lipinski definition) is 2. The lowest BCUT2D eigenvalue weighted by atomic mass is 10.2. The van der Waals surface area contributed by atoms with Crippen LogP contribution in [0.25, 0.3) is 0 Å². The third-order valence-electron chi connectivity index (χ3n) is 2.10. The summed E-state index contributed by atoms with van der Waals surface area (Å²) in [7, 11) is 0. The highest BCUT2D eigenvalue weighted by Crippen LogP contribution is 2.06.